The Morgan fingerprint density at radius 2 is 0.558 bits per heavy atom. The Morgan fingerprint density at radius 3 is 1.07 bits per heavy atom. The van der Waals surface area contributed by atoms with E-state index in [0.717, 1.165) is 99.6 Å². The van der Waals surface area contributed by atoms with Crippen LogP contribution in [0.25, 0.3) is 133 Å². The Balaban J connectivity index is 0.786. The number of hydrogen-bond donors (Lipinski definition) is 0. The molecule has 3 heterocycles. The van der Waals surface area contributed by atoms with Crippen molar-refractivity contribution in [3.8, 4) is 66.8 Å². The fourth-order valence-corrected chi connectivity index (χ4v) is 28.5. The van der Waals surface area contributed by atoms with Crippen molar-refractivity contribution in [2.75, 3.05) is 4.90 Å². The van der Waals surface area contributed by atoms with Gasteiger partial charge in [0.05, 0.1) is 10.8 Å². The van der Waals surface area contributed by atoms with E-state index in [4.69, 9.17) is 13.3 Å². The van der Waals surface area contributed by atoms with Crippen LogP contribution in [0.4, 0.5) is 17.1 Å². The van der Waals surface area contributed by atoms with Crippen molar-refractivity contribution in [3.63, 3.8) is 0 Å². The largest absolute Gasteiger partial charge is 0.456 e. The summed E-state index contributed by atoms with van der Waals surface area (Å²) >= 11 is 0. The molecule has 4 heteroatoms. The van der Waals surface area contributed by atoms with Gasteiger partial charge < -0.3 is 18.2 Å². The topological polar surface area (TPSA) is 42.7 Å². The molecule has 0 unspecified atom stereocenters. The summed E-state index contributed by atoms with van der Waals surface area (Å²) in [4.78, 5) is 2.76. The minimum atomic E-state index is -0.855. The van der Waals surface area contributed by atoms with Gasteiger partial charge in [0.15, 0.2) is 0 Å². The molecule has 0 fully saturated rings. The van der Waals surface area contributed by atoms with E-state index in [2.05, 4.69) is 382 Å². The Kier molecular flexibility index (Phi) is 21.2. The summed E-state index contributed by atoms with van der Waals surface area (Å²) in [5, 5.41) is 7.18. The molecule has 0 atom stereocenters. The molecule has 0 aliphatic heterocycles. The predicted molar refractivity (Wildman–Crippen MR) is 579 cm³/mol. The van der Waals surface area contributed by atoms with Crippen LogP contribution in [0.1, 0.15) is 299 Å². The lowest BCUT2D eigenvalue weighted by Crippen LogP contribution is -2.33. The minimum absolute atomic E-state index is 0.241. The molecule has 0 bridgehead atoms. The normalized spacial score (nSPS) is 15.4. The first-order valence-corrected chi connectivity index (χ1v) is 52.7. The number of para-hydroxylation sites is 3. The van der Waals surface area contributed by atoms with Crippen LogP contribution >= 0.6 is 0 Å². The third-order valence-corrected chi connectivity index (χ3v) is 34.5. The van der Waals surface area contributed by atoms with Crippen molar-refractivity contribution in [3.05, 3.63) is 411 Å². The number of furan rings is 3. The van der Waals surface area contributed by atoms with Crippen LogP contribution in [0.2, 0.25) is 0 Å². The predicted octanol–water partition coefficient (Wildman–Crippen LogP) is 38.2. The quantitative estimate of drug-likeness (QED) is 0.0406. The van der Waals surface area contributed by atoms with E-state index in [-0.39, 0.29) is 16.2 Å². The van der Waals surface area contributed by atoms with Crippen LogP contribution in [0, 0.1) is 0 Å². The first kappa shape index (κ1) is 86.3. The Hall–Kier alpha value is -13.3. The van der Waals surface area contributed by atoms with Crippen molar-refractivity contribution < 1.29 is 13.3 Å². The molecule has 0 saturated heterocycles. The van der Waals surface area contributed by atoms with Crippen LogP contribution < -0.4 is 4.90 Å². The summed E-state index contributed by atoms with van der Waals surface area (Å²) in [7, 11) is 0. The summed E-state index contributed by atoms with van der Waals surface area (Å²) in [6, 6.07) is 126. The smallest absolute Gasteiger partial charge is 0.144 e. The molecular formula is C134H125NO3. The lowest BCUT2D eigenvalue weighted by molar-refractivity contribution is 0.369. The molecule has 0 spiro atoms. The van der Waals surface area contributed by atoms with Crippen LogP contribution in [0.15, 0.2) is 335 Å². The lowest BCUT2D eigenvalue weighted by atomic mass is 9.62. The van der Waals surface area contributed by atoms with Gasteiger partial charge in [-0.05, 0) is 243 Å². The number of hydrogen-bond acceptors (Lipinski definition) is 4. The van der Waals surface area contributed by atoms with Crippen LogP contribution in [0.5, 0.6) is 0 Å². The van der Waals surface area contributed by atoms with Crippen LogP contribution in [-0.2, 0) is 32.5 Å². The molecule has 16 aromatic carbocycles. The van der Waals surface area contributed by atoms with Gasteiger partial charge >= 0.3 is 0 Å². The van der Waals surface area contributed by atoms with E-state index in [1.807, 2.05) is 0 Å². The summed E-state index contributed by atoms with van der Waals surface area (Å²) in [5.74, 6) is 0. The summed E-state index contributed by atoms with van der Waals surface area (Å²) in [6.07, 6.45) is 28.8. The van der Waals surface area contributed by atoms with Gasteiger partial charge in [-0.1, -0.05) is 433 Å². The van der Waals surface area contributed by atoms with Gasteiger partial charge in [0.1, 0.15) is 33.5 Å². The van der Waals surface area contributed by atoms with E-state index in [9.17, 15) is 0 Å². The second-order valence-corrected chi connectivity index (χ2v) is 42.7. The van der Waals surface area contributed by atoms with Crippen molar-refractivity contribution >= 4 is 82.9 Å². The highest BCUT2D eigenvalue weighted by atomic mass is 16.3. The number of benzene rings is 16. The van der Waals surface area contributed by atoms with Crippen molar-refractivity contribution in [2.24, 2.45) is 0 Å². The first-order chi connectivity index (χ1) is 67.8. The van der Waals surface area contributed by atoms with Gasteiger partial charge in [-0.2, -0.15) is 0 Å². The first-order valence-electron chi connectivity index (χ1n) is 52.7. The van der Waals surface area contributed by atoms with Crippen molar-refractivity contribution in [2.45, 2.75) is 242 Å². The molecule has 684 valence electrons. The van der Waals surface area contributed by atoms with E-state index >= 15 is 0 Å². The molecule has 0 N–H and O–H groups in total. The Labute approximate surface area is 814 Å². The molecular weight excluding hydrogens is 1670 g/mol. The highest BCUT2D eigenvalue weighted by Gasteiger charge is 2.58. The molecule has 25 rings (SSSR count). The fraction of sp³-hybridized carbons (Fsp3) is 0.284. The molecule has 4 nitrogen and oxygen atoms in total. The molecule has 6 aliphatic rings. The second kappa shape index (κ2) is 33.8. The highest BCUT2D eigenvalue weighted by Crippen LogP contribution is 2.71. The molecule has 19 aromatic rings. The number of rotatable bonds is 31. The zero-order chi connectivity index (χ0) is 93.0. The van der Waals surface area contributed by atoms with E-state index in [1.165, 1.54) is 282 Å². The molecule has 0 saturated carbocycles. The number of anilines is 3. The number of fused-ring (bicyclic) bond motifs is 34. The Morgan fingerprint density at radius 1 is 0.217 bits per heavy atom. The number of unbranched alkanes of at least 4 members (excludes halogenated alkanes) is 16. The van der Waals surface area contributed by atoms with Gasteiger partial charge in [0.25, 0.3) is 0 Å². The maximum Gasteiger partial charge on any atom is 0.144 e. The summed E-state index contributed by atoms with van der Waals surface area (Å²) in [5.41, 5.74) is 43.5. The zero-order valence-corrected chi connectivity index (χ0v) is 81.7. The van der Waals surface area contributed by atoms with Gasteiger partial charge in [-0.25, -0.2) is 0 Å². The minimum Gasteiger partial charge on any atom is -0.456 e. The highest BCUT2D eigenvalue weighted by molar-refractivity contribution is 6.23. The average Bonchev–Trinajstić information content (AvgIpc) is 1.50. The molecule has 3 aromatic heterocycles. The monoisotopic (exact) mass is 1800 g/mol. The van der Waals surface area contributed by atoms with Gasteiger partial charge in [-0.15, -0.1) is 0 Å². The van der Waals surface area contributed by atoms with E-state index in [0.29, 0.717) is 0 Å². The van der Waals surface area contributed by atoms with Crippen molar-refractivity contribution in [1.29, 1.82) is 0 Å². The van der Waals surface area contributed by atoms with Gasteiger partial charge in [0, 0.05) is 82.2 Å². The van der Waals surface area contributed by atoms with Gasteiger partial charge in [0.2, 0.25) is 0 Å². The van der Waals surface area contributed by atoms with Gasteiger partial charge in [-0.3, -0.25) is 0 Å². The van der Waals surface area contributed by atoms with Crippen LogP contribution in [0.3, 0.4) is 0 Å². The number of nitrogens with zero attached hydrogens (tertiary/aromatic N) is 1. The van der Waals surface area contributed by atoms with Crippen molar-refractivity contribution in [1.82, 2.24) is 0 Å². The zero-order valence-electron chi connectivity index (χ0n) is 81.7. The SMILES string of the molecule is CCCCCCCC1(CCCCCCC)c2ccccc2-c2c1c1c(c3c2oc2ccccc23)-c2ccc(N(c3ccc4c(c3)C(C)(C)c3c5c(c6oc7ccccc7c6c3-4)-c3ccccc3C5(C)C)c3ccc4c(c3)C(c3ccccc3)(c3ccccc3)c3cc5c(cc3-4)C(c3ccccc3)(c3ccccc3)c3ccc4oc6ccccc6c4c3-5)cc2C1(CCCCCCC)CCCCCCC. The Bertz CT molecular complexity index is 7910. The van der Waals surface area contributed by atoms with E-state index in [1.54, 1.807) is 11.1 Å². The van der Waals surface area contributed by atoms with E-state index < -0.39 is 16.2 Å². The molecule has 0 radical (unpaired) electrons. The fourth-order valence-electron chi connectivity index (χ4n) is 28.5. The standard InChI is InChI=1S/C134H125NO3/c1-9-13-17-21-47-77-131(78-48-22-18-14-10-2)104-65-43-38-60-95(104)122-126(131)125-118(120-100-63-41-46-68-113(100)138-128(120)122)97-74-71-91(82-107(97)132(125,79-49-23-19-15-11-3)80-50-24-20-16-12-4)135(90-70-73-96-106(81-90)130(7,8)123-117(96)119-99-62-40-45-67-112(99)137-127(119)121-94-59-37-42-64-103(94)129(5,6)124(121)123)92-69-72-93-101-84-110-102(85-109(101)134(108(93)83-92,88-55-33-27-34-56-88)89-57-35-28-36-58-89)115-105(75-76-114-116(115)98-61-39-44-66-111(98)136-114)133(110,86-51-29-25-30-52-86)87-53-31-26-32-54-87/h25-46,51-76,81-85H,9-24,47-50,77-80H2,1-8H3. The summed E-state index contributed by atoms with van der Waals surface area (Å²) in [6.45, 7) is 19.6. The maximum atomic E-state index is 7.81. The summed E-state index contributed by atoms with van der Waals surface area (Å²) < 4.78 is 22.2. The third kappa shape index (κ3) is 12.5. The third-order valence-electron chi connectivity index (χ3n) is 34.5. The second-order valence-electron chi connectivity index (χ2n) is 42.7. The molecule has 0 amide bonds. The lowest BCUT2D eigenvalue weighted by Gasteiger charge is -2.40. The molecule has 138 heavy (non-hydrogen) atoms. The molecule has 6 aliphatic carbocycles. The van der Waals surface area contributed by atoms with Crippen LogP contribution in [-0.4, -0.2) is 0 Å². The maximum absolute atomic E-state index is 7.81. The average molecular weight is 1800 g/mol.